The van der Waals surface area contributed by atoms with Crippen LogP contribution in [0.5, 0.6) is 0 Å². The molecule has 0 saturated heterocycles. The third-order valence-electron chi connectivity index (χ3n) is 5.19. The fraction of sp³-hybridized carbons (Fsp3) is 0.923. The van der Waals surface area contributed by atoms with Crippen LogP contribution in [0.1, 0.15) is 45.4 Å². The Morgan fingerprint density at radius 2 is 2.27 bits per heavy atom. The van der Waals surface area contributed by atoms with Crippen molar-refractivity contribution in [3.63, 3.8) is 0 Å². The zero-order valence-corrected chi connectivity index (χ0v) is 9.50. The number of carbonyl (C=O) groups excluding carboxylic acids is 1. The second kappa shape index (κ2) is 3.23. The summed E-state index contributed by atoms with van der Waals surface area (Å²) in [6.07, 6.45) is 7.59. The molecule has 15 heavy (non-hydrogen) atoms. The molecule has 0 amide bonds. The molecule has 3 rings (SSSR count). The molecule has 0 N–H and O–H groups in total. The fourth-order valence-electron chi connectivity index (χ4n) is 4.76. The van der Waals surface area contributed by atoms with E-state index in [0.29, 0.717) is 18.4 Å². The van der Waals surface area contributed by atoms with Crippen LogP contribution in [0.25, 0.3) is 0 Å². The van der Waals surface area contributed by atoms with Gasteiger partial charge in [-0.15, -0.1) is 0 Å². The Labute approximate surface area is 91.4 Å². The van der Waals surface area contributed by atoms with E-state index in [1.54, 1.807) is 0 Å². The predicted octanol–water partition coefficient (Wildman–Crippen LogP) is 2.77. The van der Waals surface area contributed by atoms with E-state index in [1.807, 2.05) is 6.92 Å². The molecular formula is C13H20O2. The Morgan fingerprint density at radius 1 is 1.40 bits per heavy atom. The highest BCUT2D eigenvalue weighted by atomic mass is 16.5. The van der Waals surface area contributed by atoms with Crippen LogP contribution in [0, 0.1) is 23.2 Å². The fourth-order valence-corrected chi connectivity index (χ4v) is 4.76. The summed E-state index contributed by atoms with van der Waals surface area (Å²) in [6, 6.07) is 0. The maximum Gasteiger partial charge on any atom is 0.312 e. The first-order valence-electron chi connectivity index (χ1n) is 6.46. The number of ether oxygens (including phenoxy) is 1. The topological polar surface area (TPSA) is 26.3 Å². The molecule has 2 heteroatoms. The Hall–Kier alpha value is -0.530. The summed E-state index contributed by atoms with van der Waals surface area (Å²) in [7, 11) is 0. The van der Waals surface area contributed by atoms with Crippen molar-refractivity contribution in [1.29, 1.82) is 0 Å². The quantitative estimate of drug-likeness (QED) is 0.652. The van der Waals surface area contributed by atoms with Crippen molar-refractivity contribution in [2.24, 2.45) is 23.2 Å². The molecular weight excluding hydrogens is 188 g/mol. The molecule has 0 aromatic heterocycles. The van der Waals surface area contributed by atoms with Crippen molar-refractivity contribution in [3.05, 3.63) is 0 Å². The van der Waals surface area contributed by atoms with E-state index in [2.05, 4.69) is 0 Å². The SMILES string of the molecule is CCOC(=O)[C@@]12CCC[C@H]1[C@@H]1CC[C@H]2C1. The number of carbonyl (C=O) groups is 1. The van der Waals surface area contributed by atoms with Gasteiger partial charge >= 0.3 is 5.97 Å². The van der Waals surface area contributed by atoms with Crippen molar-refractivity contribution in [1.82, 2.24) is 0 Å². The molecule has 3 saturated carbocycles. The summed E-state index contributed by atoms with van der Waals surface area (Å²) >= 11 is 0. The number of rotatable bonds is 2. The molecule has 4 atom stereocenters. The molecule has 84 valence electrons. The number of hydrogen-bond acceptors (Lipinski definition) is 2. The Bertz CT molecular complexity index is 286. The molecule has 0 aromatic carbocycles. The predicted molar refractivity (Wildman–Crippen MR) is 57.2 cm³/mol. The average Bonchev–Trinajstić information content (AvgIpc) is 2.90. The minimum atomic E-state index is -0.0288. The highest BCUT2D eigenvalue weighted by Crippen LogP contribution is 2.66. The zero-order valence-electron chi connectivity index (χ0n) is 9.50. The first-order valence-corrected chi connectivity index (χ1v) is 6.46. The summed E-state index contributed by atoms with van der Waals surface area (Å²) in [5.74, 6) is 2.32. The smallest absolute Gasteiger partial charge is 0.312 e. The highest BCUT2D eigenvalue weighted by Gasteiger charge is 2.64. The van der Waals surface area contributed by atoms with Gasteiger partial charge in [-0.05, 0) is 56.8 Å². The van der Waals surface area contributed by atoms with Crippen molar-refractivity contribution in [2.45, 2.75) is 45.4 Å². The lowest BCUT2D eigenvalue weighted by Gasteiger charge is -2.36. The van der Waals surface area contributed by atoms with Crippen LogP contribution in [0.3, 0.4) is 0 Å². The van der Waals surface area contributed by atoms with Gasteiger partial charge in [0.25, 0.3) is 0 Å². The molecule has 0 unspecified atom stereocenters. The molecule has 3 aliphatic carbocycles. The first kappa shape index (κ1) is 9.68. The van der Waals surface area contributed by atoms with Crippen LogP contribution < -0.4 is 0 Å². The van der Waals surface area contributed by atoms with E-state index in [1.165, 1.54) is 32.1 Å². The van der Waals surface area contributed by atoms with E-state index in [9.17, 15) is 4.79 Å². The molecule has 3 aliphatic rings. The summed E-state index contributed by atoms with van der Waals surface area (Å²) in [6.45, 7) is 2.47. The Kier molecular flexibility index (Phi) is 2.08. The lowest BCUT2D eigenvalue weighted by molar-refractivity contribution is -0.161. The molecule has 0 aliphatic heterocycles. The monoisotopic (exact) mass is 208 g/mol. The lowest BCUT2D eigenvalue weighted by Crippen LogP contribution is -2.41. The largest absolute Gasteiger partial charge is 0.466 e. The standard InChI is InChI=1S/C13H20O2/c1-2-15-12(14)13-7-3-4-11(13)9-5-6-10(13)8-9/h9-11H,2-8H2,1H3/t9-,10+,11+,13-/m1/s1. The normalized spacial score (nSPS) is 46.9. The molecule has 2 bridgehead atoms. The molecule has 0 spiro atoms. The summed E-state index contributed by atoms with van der Waals surface area (Å²) in [5, 5.41) is 0. The Morgan fingerprint density at radius 3 is 3.07 bits per heavy atom. The third-order valence-corrected chi connectivity index (χ3v) is 5.19. The average molecular weight is 208 g/mol. The van der Waals surface area contributed by atoms with Gasteiger partial charge in [0.1, 0.15) is 0 Å². The zero-order chi connectivity index (χ0) is 10.5. The summed E-state index contributed by atoms with van der Waals surface area (Å²) in [5.41, 5.74) is -0.0288. The van der Waals surface area contributed by atoms with Crippen LogP contribution in [0.15, 0.2) is 0 Å². The first-order chi connectivity index (χ1) is 7.29. The summed E-state index contributed by atoms with van der Waals surface area (Å²) in [4.78, 5) is 12.2. The van der Waals surface area contributed by atoms with E-state index in [4.69, 9.17) is 4.74 Å². The van der Waals surface area contributed by atoms with Gasteiger partial charge in [-0.2, -0.15) is 0 Å². The Balaban J connectivity index is 1.91. The molecule has 2 nitrogen and oxygen atoms in total. The third kappa shape index (κ3) is 1.08. The van der Waals surface area contributed by atoms with Gasteiger partial charge in [0.2, 0.25) is 0 Å². The van der Waals surface area contributed by atoms with Gasteiger partial charge in [-0.1, -0.05) is 6.42 Å². The van der Waals surface area contributed by atoms with Crippen molar-refractivity contribution < 1.29 is 9.53 Å². The van der Waals surface area contributed by atoms with E-state index in [-0.39, 0.29) is 11.4 Å². The molecule has 0 heterocycles. The minimum absolute atomic E-state index is 0.0288. The van der Waals surface area contributed by atoms with Gasteiger partial charge in [0.05, 0.1) is 12.0 Å². The minimum Gasteiger partial charge on any atom is -0.466 e. The number of fused-ring (bicyclic) bond motifs is 5. The second-order valence-electron chi connectivity index (χ2n) is 5.53. The van der Waals surface area contributed by atoms with Gasteiger partial charge in [0.15, 0.2) is 0 Å². The van der Waals surface area contributed by atoms with Gasteiger partial charge in [0, 0.05) is 0 Å². The van der Waals surface area contributed by atoms with Crippen LogP contribution in [0.2, 0.25) is 0 Å². The van der Waals surface area contributed by atoms with Crippen molar-refractivity contribution in [2.75, 3.05) is 6.61 Å². The summed E-state index contributed by atoms with van der Waals surface area (Å²) < 4.78 is 5.34. The van der Waals surface area contributed by atoms with Gasteiger partial charge in [-0.3, -0.25) is 4.79 Å². The van der Waals surface area contributed by atoms with E-state index >= 15 is 0 Å². The molecule has 0 radical (unpaired) electrons. The highest BCUT2D eigenvalue weighted by molar-refractivity contribution is 5.79. The van der Waals surface area contributed by atoms with Crippen molar-refractivity contribution in [3.8, 4) is 0 Å². The maximum absolute atomic E-state index is 12.2. The van der Waals surface area contributed by atoms with Crippen LogP contribution in [0.4, 0.5) is 0 Å². The lowest BCUT2D eigenvalue weighted by atomic mass is 9.68. The van der Waals surface area contributed by atoms with E-state index in [0.717, 1.165) is 12.3 Å². The molecule has 0 aromatic rings. The second-order valence-corrected chi connectivity index (χ2v) is 5.53. The van der Waals surface area contributed by atoms with Crippen LogP contribution in [-0.2, 0) is 9.53 Å². The van der Waals surface area contributed by atoms with E-state index < -0.39 is 0 Å². The number of esters is 1. The van der Waals surface area contributed by atoms with Gasteiger partial charge < -0.3 is 4.74 Å². The van der Waals surface area contributed by atoms with Crippen LogP contribution in [-0.4, -0.2) is 12.6 Å². The molecule has 3 fully saturated rings. The van der Waals surface area contributed by atoms with Crippen molar-refractivity contribution >= 4 is 5.97 Å². The van der Waals surface area contributed by atoms with Crippen LogP contribution >= 0.6 is 0 Å². The number of hydrogen-bond donors (Lipinski definition) is 0. The van der Waals surface area contributed by atoms with Gasteiger partial charge in [-0.25, -0.2) is 0 Å². The maximum atomic E-state index is 12.2.